The second-order valence-electron chi connectivity index (χ2n) is 16.9. The lowest BCUT2D eigenvalue weighted by Gasteiger charge is -2.51. The molecule has 0 radical (unpaired) electrons. The maximum Gasteiger partial charge on any atom is 0.309 e. The van der Waals surface area contributed by atoms with Gasteiger partial charge in [-0.1, -0.05) is 32.1 Å². The van der Waals surface area contributed by atoms with Crippen molar-refractivity contribution in [3.05, 3.63) is 24.3 Å². The summed E-state index contributed by atoms with van der Waals surface area (Å²) in [6.45, 7) is 13.8. The molecule has 352 valence electrons. The normalized spacial score (nSPS) is 38.5. The first kappa shape index (κ1) is 52.6. The van der Waals surface area contributed by atoms with E-state index in [4.69, 9.17) is 47.4 Å². The summed E-state index contributed by atoms with van der Waals surface area (Å²) < 4.78 is 60.8. The third-order valence-electron chi connectivity index (χ3n) is 11.2. The molecular formula is C44H69NO17. The fourth-order valence-electron chi connectivity index (χ4n) is 8.41. The molecule has 0 aliphatic carbocycles. The number of hydrogen-bond donors (Lipinski definition) is 1. The zero-order valence-electron chi connectivity index (χ0n) is 38.2. The second kappa shape index (κ2) is 24.3. The van der Waals surface area contributed by atoms with Crippen LogP contribution in [0.15, 0.2) is 24.3 Å². The summed E-state index contributed by atoms with van der Waals surface area (Å²) >= 11 is 0. The van der Waals surface area contributed by atoms with E-state index >= 15 is 0 Å². The number of allylic oxidation sites excluding steroid dienone is 2. The number of aliphatic hydroxyl groups is 1. The van der Waals surface area contributed by atoms with Crippen LogP contribution in [0.5, 0.6) is 0 Å². The Labute approximate surface area is 365 Å². The zero-order chi connectivity index (χ0) is 46.5. The standard InChI is InChI=1S/C44H69NO17/c1-13-34(50)60-42-27(5)55-36(23-44(42,9)52)61-38-26(4)56-43(41(59-30(8)49)37(38)45(10)11)62-39-31(19-20-46)21-24(2)32(57-28(6)47)18-16-14-15-17-25(3)54-35(51)22-33(40(39)53-12)58-29(7)48/h14-16,18,20,24-27,31-33,36-43,52H,13,17,19,21-23H2,1-12H3/b15-14+,18-16+/t24-,25-,26-,27+,31+,32+,33-,36+,37+,38-,39+,40+,41-,42+,43+,44-/m1/s1. The molecule has 3 aliphatic rings. The highest BCUT2D eigenvalue weighted by Gasteiger charge is 2.54. The van der Waals surface area contributed by atoms with Crippen LogP contribution in [0.4, 0.5) is 0 Å². The van der Waals surface area contributed by atoms with E-state index in [2.05, 4.69) is 0 Å². The van der Waals surface area contributed by atoms with E-state index in [1.165, 1.54) is 34.8 Å². The summed E-state index contributed by atoms with van der Waals surface area (Å²) in [6.07, 6.45) is -4.44. The van der Waals surface area contributed by atoms with E-state index in [-0.39, 0.29) is 25.7 Å². The molecule has 0 unspecified atom stereocenters. The molecule has 0 amide bonds. The SMILES string of the molecule is CCC(=O)O[C@H]1[C@H](C)O[C@@H](O[C@H]2[C@H](N(C)C)[C@@H](OC(C)=O)[C@H](O[C@H]3[C@@H](CC=O)C[C@@H](C)[C@@H](OC(C)=O)/C=C/C=C/C[C@@H](C)OC(=O)C[C@@H](OC(C)=O)[C@@H]3OC)O[C@@H]2C)C[C@@]1(C)O. The average Bonchev–Trinajstić information content (AvgIpc) is 3.15. The molecule has 0 spiro atoms. The van der Waals surface area contributed by atoms with Crippen LogP contribution in [-0.2, 0) is 76.1 Å². The number of hydrogen-bond acceptors (Lipinski definition) is 18. The predicted octanol–water partition coefficient (Wildman–Crippen LogP) is 3.52. The molecule has 2 fully saturated rings. The first-order valence-electron chi connectivity index (χ1n) is 21.3. The molecule has 3 aliphatic heterocycles. The van der Waals surface area contributed by atoms with Gasteiger partial charge in [-0.2, -0.15) is 0 Å². The minimum atomic E-state index is -1.53. The molecule has 3 rings (SSSR count). The lowest BCUT2D eigenvalue weighted by atomic mass is 9.82. The summed E-state index contributed by atoms with van der Waals surface area (Å²) in [5.41, 5.74) is -1.53. The van der Waals surface area contributed by atoms with Crippen LogP contribution in [0.3, 0.4) is 0 Å². The molecule has 0 saturated carbocycles. The van der Waals surface area contributed by atoms with Crippen molar-refractivity contribution < 1.29 is 81.2 Å². The van der Waals surface area contributed by atoms with Crippen LogP contribution < -0.4 is 0 Å². The molecule has 18 heteroatoms. The monoisotopic (exact) mass is 883 g/mol. The van der Waals surface area contributed by atoms with Crippen molar-refractivity contribution in [3.8, 4) is 0 Å². The number of cyclic esters (lactones) is 1. The van der Waals surface area contributed by atoms with Gasteiger partial charge in [0.05, 0.1) is 30.8 Å². The van der Waals surface area contributed by atoms with E-state index < -0.39 is 133 Å². The molecule has 0 aromatic carbocycles. The molecule has 1 N–H and O–H groups in total. The molecular weight excluding hydrogens is 814 g/mol. The third kappa shape index (κ3) is 15.2. The Balaban J connectivity index is 2.15. The Bertz CT molecular complexity index is 1560. The lowest BCUT2D eigenvalue weighted by Crippen LogP contribution is -2.66. The van der Waals surface area contributed by atoms with Crippen LogP contribution in [0.25, 0.3) is 0 Å². The summed E-state index contributed by atoms with van der Waals surface area (Å²) in [4.78, 5) is 77.7. The number of ether oxygens (including phenoxy) is 10. The molecule has 0 bridgehead atoms. The molecule has 62 heavy (non-hydrogen) atoms. The van der Waals surface area contributed by atoms with E-state index in [0.29, 0.717) is 12.7 Å². The Kier molecular flexibility index (Phi) is 20.6. The van der Waals surface area contributed by atoms with Crippen molar-refractivity contribution >= 4 is 36.1 Å². The van der Waals surface area contributed by atoms with Gasteiger partial charge in [-0.15, -0.1) is 0 Å². The lowest BCUT2D eigenvalue weighted by molar-refractivity contribution is -0.345. The van der Waals surface area contributed by atoms with Crippen molar-refractivity contribution in [2.75, 3.05) is 21.2 Å². The van der Waals surface area contributed by atoms with Gasteiger partial charge in [0.15, 0.2) is 24.8 Å². The van der Waals surface area contributed by atoms with Gasteiger partial charge in [0.1, 0.15) is 42.4 Å². The van der Waals surface area contributed by atoms with Crippen molar-refractivity contribution in [2.24, 2.45) is 11.8 Å². The largest absolute Gasteiger partial charge is 0.462 e. The maximum absolute atomic E-state index is 13.4. The predicted molar refractivity (Wildman–Crippen MR) is 220 cm³/mol. The van der Waals surface area contributed by atoms with Crippen molar-refractivity contribution in [1.82, 2.24) is 4.90 Å². The van der Waals surface area contributed by atoms with Crippen LogP contribution >= 0.6 is 0 Å². The smallest absolute Gasteiger partial charge is 0.309 e. The van der Waals surface area contributed by atoms with E-state index in [9.17, 15) is 33.9 Å². The number of rotatable bonds is 13. The molecule has 18 nitrogen and oxygen atoms in total. The number of likely N-dealkylation sites (N-methyl/N-ethyl adjacent to an activating group) is 1. The van der Waals surface area contributed by atoms with Crippen LogP contribution in [0.2, 0.25) is 0 Å². The van der Waals surface area contributed by atoms with Crippen LogP contribution in [-0.4, -0.2) is 153 Å². The summed E-state index contributed by atoms with van der Waals surface area (Å²) in [7, 11) is 4.83. The Hall–Kier alpha value is -3.78. The average molecular weight is 884 g/mol. The number of methoxy groups -OCH3 is 1. The number of nitrogens with zero attached hydrogens (tertiary/aromatic N) is 1. The highest BCUT2D eigenvalue weighted by atomic mass is 16.7. The number of carbonyl (C=O) groups excluding carboxylic acids is 6. The Morgan fingerprint density at radius 3 is 2.11 bits per heavy atom. The van der Waals surface area contributed by atoms with Crippen LogP contribution in [0.1, 0.15) is 101 Å². The van der Waals surface area contributed by atoms with Crippen molar-refractivity contribution in [2.45, 2.75) is 186 Å². The number of esters is 5. The van der Waals surface area contributed by atoms with Gasteiger partial charge in [-0.05, 0) is 66.1 Å². The first-order valence-corrected chi connectivity index (χ1v) is 21.3. The summed E-state index contributed by atoms with van der Waals surface area (Å²) in [5.74, 6) is -4.30. The second-order valence-corrected chi connectivity index (χ2v) is 16.9. The first-order chi connectivity index (χ1) is 29.1. The Morgan fingerprint density at radius 1 is 0.887 bits per heavy atom. The quantitative estimate of drug-likeness (QED) is 0.159. The van der Waals surface area contributed by atoms with Gasteiger partial charge in [0.25, 0.3) is 0 Å². The van der Waals surface area contributed by atoms with Gasteiger partial charge < -0.3 is 62.2 Å². The molecule has 3 heterocycles. The number of carbonyl (C=O) groups is 6. The van der Waals surface area contributed by atoms with Gasteiger partial charge in [-0.25, -0.2) is 0 Å². The third-order valence-corrected chi connectivity index (χ3v) is 11.2. The van der Waals surface area contributed by atoms with E-state index in [1.54, 1.807) is 71.0 Å². The number of aldehydes is 1. The van der Waals surface area contributed by atoms with Gasteiger partial charge >= 0.3 is 29.8 Å². The molecule has 0 aromatic heterocycles. The van der Waals surface area contributed by atoms with Crippen molar-refractivity contribution in [1.29, 1.82) is 0 Å². The molecule has 0 aromatic rings. The van der Waals surface area contributed by atoms with Gasteiger partial charge in [-0.3, -0.25) is 24.0 Å². The van der Waals surface area contributed by atoms with Crippen molar-refractivity contribution in [3.63, 3.8) is 0 Å². The van der Waals surface area contributed by atoms with E-state index in [0.717, 1.165) is 0 Å². The minimum Gasteiger partial charge on any atom is -0.462 e. The van der Waals surface area contributed by atoms with Gasteiger partial charge in [0.2, 0.25) is 0 Å². The zero-order valence-corrected chi connectivity index (χ0v) is 38.2. The fraction of sp³-hybridized carbons (Fsp3) is 0.773. The maximum atomic E-state index is 13.4. The molecule has 16 atom stereocenters. The fourth-order valence-corrected chi connectivity index (χ4v) is 8.41. The van der Waals surface area contributed by atoms with E-state index in [1.807, 2.05) is 6.92 Å². The molecule has 2 saturated heterocycles. The highest BCUT2D eigenvalue weighted by Crippen LogP contribution is 2.38. The minimum absolute atomic E-state index is 0.0811. The highest BCUT2D eigenvalue weighted by molar-refractivity contribution is 5.72. The summed E-state index contributed by atoms with van der Waals surface area (Å²) in [5, 5.41) is 11.5. The van der Waals surface area contributed by atoms with Crippen LogP contribution in [0, 0.1) is 11.8 Å². The Morgan fingerprint density at radius 2 is 1.55 bits per heavy atom. The van der Waals surface area contributed by atoms with Gasteiger partial charge in [0, 0.05) is 53.6 Å². The topological polar surface area (TPSA) is 218 Å². The summed E-state index contributed by atoms with van der Waals surface area (Å²) in [6, 6.07) is -0.796.